The van der Waals surface area contributed by atoms with Crippen molar-refractivity contribution in [3.63, 3.8) is 0 Å². The van der Waals surface area contributed by atoms with E-state index in [1.54, 1.807) is 24.5 Å². The van der Waals surface area contributed by atoms with Crippen LogP contribution in [0.1, 0.15) is 11.1 Å². The largest absolute Gasteiger partial charge is 0.381 e. The first-order valence-corrected chi connectivity index (χ1v) is 8.32. The normalized spacial score (nSPS) is 12.2. The van der Waals surface area contributed by atoms with Crippen LogP contribution in [-0.2, 0) is 23.1 Å². The second kappa shape index (κ2) is 7.00. The molecule has 2 rings (SSSR count). The van der Waals surface area contributed by atoms with Crippen molar-refractivity contribution in [3.8, 4) is 0 Å². The summed E-state index contributed by atoms with van der Waals surface area (Å²) in [5.74, 6) is -0.832. The van der Waals surface area contributed by atoms with Gasteiger partial charge in [-0.2, -0.15) is 0 Å². The second-order valence-corrected chi connectivity index (χ2v) is 6.46. The van der Waals surface area contributed by atoms with E-state index < -0.39 is 22.4 Å². The Morgan fingerprint density at radius 3 is 2.57 bits per heavy atom. The number of nitrogens with one attached hydrogen (secondary N) is 1. The quantitative estimate of drug-likeness (QED) is 0.894. The van der Waals surface area contributed by atoms with E-state index in [0.29, 0.717) is 16.3 Å². The Kier molecular flexibility index (Phi) is 5.31. The van der Waals surface area contributed by atoms with Gasteiger partial charge in [-0.25, -0.2) is 8.78 Å². The molecule has 0 aromatic heterocycles. The summed E-state index contributed by atoms with van der Waals surface area (Å²) >= 11 is 6.04. The van der Waals surface area contributed by atoms with Crippen LogP contribution in [0.4, 0.5) is 14.5 Å². The van der Waals surface area contributed by atoms with Crippen LogP contribution < -0.4 is 5.32 Å². The molecule has 0 unspecified atom stereocenters. The van der Waals surface area contributed by atoms with Gasteiger partial charge in [-0.3, -0.25) is 4.21 Å². The number of hydrogen-bond acceptors (Lipinski definition) is 2. The monoisotopic (exact) mass is 329 g/mol. The highest BCUT2D eigenvalue weighted by molar-refractivity contribution is 7.83. The SMILES string of the molecule is C[S@@](=O)Cc1cc(NCc2ccc(F)cc2F)ccc1Cl. The Morgan fingerprint density at radius 2 is 1.90 bits per heavy atom. The lowest BCUT2D eigenvalue weighted by Gasteiger charge is -2.10. The Bertz CT molecular complexity index is 679. The summed E-state index contributed by atoms with van der Waals surface area (Å²) in [4.78, 5) is 0. The van der Waals surface area contributed by atoms with Gasteiger partial charge in [0.15, 0.2) is 0 Å². The first-order chi connectivity index (χ1) is 9.95. The minimum Gasteiger partial charge on any atom is -0.381 e. The molecular formula is C15H14ClF2NOS. The molecule has 1 N–H and O–H groups in total. The van der Waals surface area contributed by atoms with Crippen molar-refractivity contribution in [1.29, 1.82) is 0 Å². The lowest BCUT2D eigenvalue weighted by Crippen LogP contribution is -2.03. The van der Waals surface area contributed by atoms with Crippen molar-refractivity contribution in [2.75, 3.05) is 11.6 Å². The molecule has 0 fully saturated rings. The predicted octanol–water partition coefficient (Wildman–Crippen LogP) is 4.11. The van der Waals surface area contributed by atoms with Gasteiger partial charge < -0.3 is 5.32 Å². The van der Waals surface area contributed by atoms with E-state index in [4.69, 9.17) is 11.6 Å². The van der Waals surface area contributed by atoms with Crippen LogP contribution >= 0.6 is 11.6 Å². The number of anilines is 1. The highest BCUT2D eigenvalue weighted by Crippen LogP contribution is 2.22. The fourth-order valence-electron chi connectivity index (χ4n) is 1.88. The van der Waals surface area contributed by atoms with Gasteiger partial charge in [0.25, 0.3) is 0 Å². The van der Waals surface area contributed by atoms with Crippen LogP contribution in [0.15, 0.2) is 36.4 Å². The van der Waals surface area contributed by atoms with Gasteiger partial charge in [-0.05, 0) is 29.8 Å². The van der Waals surface area contributed by atoms with E-state index in [9.17, 15) is 13.0 Å². The van der Waals surface area contributed by atoms with Gasteiger partial charge in [-0.15, -0.1) is 0 Å². The lowest BCUT2D eigenvalue weighted by molar-refractivity contribution is 0.574. The van der Waals surface area contributed by atoms with E-state index >= 15 is 0 Å². The molecule has 0 saturated heterocycles. The van der Waals surface area contributed by atoms with Gasteiger partial charge in [-0.1, -0.05) is 17.7 Å². The highest BCUT2D eigenvalue weighted by Gasteiger charge is 2.06. The van der Waals surface area contributed by atoms with Gasteiger partial charge in [0, 0.05) is 51.7 Å². The van der Waals surface area contributed by atoms with Crippen LogP contribution in [0.25, 0.3) is 0 Å². The second-order valence-electron chi connectivity index (χ2n) is 4.61. The molecule has 0 heterocycles. The molecular weight excluding hydrogens is 316 g/mol. The average Bonchev–Trinajstić information content (AvgIpc) is 2.40. The third kappa shape index (κ3) is 4.51. The topological polar surface area (TPSA) is 29.1 Å². The van der Waals surface area contributed by atoms with Crippen molar-refractivity contribution >= 4 is 28.1 Å². The van der Waals surface area contributed by atoms with Crippen molar-refractivity contribution in [2.24, 2.45) is 0 Å². The molecule has 1 atom stereocenters. The number of rotatable bonds is 5. The molecule has 0 saturated carbocycles. The van der Waals surface area contributed by atoms with Crippen LogP contribution in [0.3, 0.4) is 0 Å². The number of benzene rings is 2. The maximum atomic E-state index is 13.5. The summed E-state index contributed by atoms with van der Waals surface area (Å²) in [6.07, 6.45) is 1.60. The van der Waals surface area contributed by atoms with Crippen LogP contribution in [0, 0.1) is 11.6 Å². The summed E-state index contributed by atoms with van der Waals surface area (Å²) < 4.78 is 37.6. The molecule has 6 heteroatoms. The summed E-state index contributed by atoms with van der Waals surface area (Å²) in [5.41, 5.74) is 1.87. The van der Waals surface area contributed by atoms with Gasteiger partial charge in [0.1, 0.15) is 11.6 Å². The average molecular weight is 330 g/mol. The molecule has 0 aliphatic carbocycles. The molecule has 0 aliphatic rings. The van der Waals surface area contributed by atoms with Crippen LogP contribution in [0.5, 0.6) is 0 Å². The molecule has 0 bridgehead atoms. The first-order valence-electron chi connectivity index (χ1n) is 6.22. The summed E-state index contributed by atoms with van der Waals surface area (Å²) in [6, 6.07) is 8.71. The third-order valence-corrected chi connectivity index (χ3v) is 3.99. The zero-order valence-corrected chi connectivity index (χ0v) is 12.9. The summed E-state index contributed by atoms with van der Waals surface area (Å²) in [7, 11) is -0.995. The zero-order valence-electron chi connectivity index (χ0n) is 11.3. The molecule has 2 nitrogen and oxygen atoms in total. The van der Waals surface area contributed by atoms with Crippen LogP contribution in [0.2, 0.25) is 5.02 Å². The third-order valence-electron chi connectivity index (χ3n) is 2.90. The maximum Gasteiger partial charge on any atom is 0.131 e. The van der Waals surface area contributed by atoms with Gasteiger partial charge in [0.05, 0.1) is 0 Å². The van der Waals surface area contributed by atoms with Crippen molar-refractivity contribution in [3.05, 3.63) is 64.2 Å². The number of halogens is 3. The highest BCUT2D eigenvalue weighted by atomic mass is 35.5. The van der Waals surface area contributed by atoms with E-state index in [-0.39, 0.29) is 6.54 Å². The number of hydrogen-bond donors (Lipinski definition) is 1. The van der Waals surface area contributed by atoms with Crippen molar-refractivity contribution in [2.45, 2.75) is 12.3 Å². The standard InChI is InChI=1S/C15H14ClF2NOS/c1-21(20)9-11-6-13(4-5-14(11)16)19-8-10-2-3-12(17)7-15(10)18/h2-7,19H,8-9H2,1H3/t21-/m1/s1. The summed E-state index contributed by atoms with van der Waals surface area (Å²) in [6.45, 7) is 0.225. The first kappa shape index (κ1) is 15.9. The van der Waals surface area contributed by atoms with Crippen LogP contribution in [-0.4, -0.2) is 10.5 Å². The van der Waals surface area contributed by atoms with Gasteiger partial charge >= 0.3 is 0 Å². The van der Waals surface area contributed by atoms with E-state index in [0.717, 1.165) is 17.3 Å². The Morgan fingerprint density at radius 1 is 1.14 bits per heavy atom. The molecule has 2 aromatic rings. The molecule has 21 heavy (non-hydrogen) atoms. The molecule has 2 aromatic carbocycles. The summed E-state index contributed by atoms with van der Waals surface area (Å²) in [5, 5.41) is 3.59. The predicted molar refractivity (Wildman–Crippen MR) is 82.9 cm³/mol. The molecule has 0 aliphatic heterocycles. The minimum absolute atomic E-state index is 0.225. The maximum absolute atomic E-state index is 13.5. The molecule has 112 valence electrons. The Balaban J connectivity index is 2.11. The molecule has 0 spiro atoms. The van der Waals surface area contributed by atoms with E-state index in [2.05, 4.69) is 5.32 Å². The van der Waals surface area contributed by atoms with E-state index in [1.807, 2.05) is 0 Å². The van der Waals surface area contributed by atoms with Crippen molar-refractivity contribution < 1.29 is 13.0 Å². The molecule has 0 radical (unpaired) electrons. The fraction of sp³-hybridized carbons (Fsp3) is 0.200. The fourth-order valence-corrected chi connectivity index (χ4v) is 2.82. The Hall–Kier alpha value is -1.46. The lowest BCUT2D eigenvalue weighted by atomic mass is 10.2. The smallest absolute Gasteiger partial charge is 0.131 e. The van der Waals surface area contributed by atoms with E-state index in [1.165, 1.54) is 12.1 Å². The zero-order chi connectivity index (χ0) is 15.4. The van der Waals surface area contributed by atoms with Gasteiger partial charge in [0.2, 0.25) is 0 Å². The Labute approximate surface area is 129 Å². The minimum atomic E-state index is -0.995. The van der Waals surface area contributed by atoms with Crippen molar-refractivity contribution in [1.82, 2.24) is 0 Å². The molecule has 0 amide bonds.